The van der Waals surface area contributed by atoms with Gasteiger partial charge >= 0.3 is 29.8 Å². The Hall–Kier alpha value is -4.32. The largest absolute Gasteiger partial charge is 0.459 e. The number of allylic oxidation sites excluding steroid dienone is 1. The van der Waals surface area contributed by atoms with E-state index in [9.17, 15) is 33.9 Å². The third-order valence-corrected chi connectivity index (χ3v) is 9.00. The first-order valence-corrected chi connectivity index (χ1v) is 16.3. The van der Waals surface area contributed by atoms with E-state index in [1.807, 2.05) is 0 Å². The Morgan fingerprint density at radius 3 is 1.92 bits per heavy atom. The van der Waals surface area contributed by atoms with Crippen molar-refractivity contribution in [3.05, 3.63) is 60.2 Å². The van der Waals surface area contributed by atoms with Gasteiger partial charge < -0.3 is 28.8 Å². The summed E-state index contributed by atoms with van der Waals surface area (Å²) < 4.78 is 29.1. The van der Waals surface area contributed by atoms with Crippen LogP contribution in [0.1, 0.15) is 79.1 Å². The topological polar surface area (TPSA) is 169 Å². The second-order valence-corrected chi connectivity index (χ2v) is 13.9. The molecule has 0 heterocycles. The second-order valence-electron chi connectivity index (χ2n) is 13.9. The predicted octanol–water partition coefficient (Wildman–Crippen LogP) is 4.32. The van der Waals surface area contributed by atoms with Crippen LogP contribution in [0.4, 0.5) is 0 Å². The van der Waals surface area contributed by atoms with Crippen molar-refractivity contribution >= 4 is 35.6 Å². The van der Waals surface area contributed by atoms with Crippen molar-refractivity contribution in [3.8, 4) is 0 Å². The fourth-order valence-electron chi connectivity index (χ4n) is 6.63. The Balaban J connectivity index is 2.40. The van der Waals surface area contributed by atoms with Crippen molar-refractivity contribution in [1.29, 1.82) is 0 Å². The van der Waals surface area contributed by atoms with Crippen LogP contribution < -0.4 is 0 Å². The summed E-state index contributed by atoms with van der Waals surface area (Å²) in [7, 11) is 0. The molecule has 9 unspecified atom stereocenters. The van der Waals surface area contributed by atoms with Crippen molar-refractivity contribution in [1.82, 2.24) is 0 Å². The van der Waals surface area contributed by atoms with Crippen molar-refractivity contribution < 1.29 is 57.6 Å². The van der Waals surface area contributed by atoms with Crippen molar-refractivity contribution in [2.24, 2.45) is 29.1 Å². The molecule has 1 aromatic carbocycles. The summed E-state index contributed by atoms with van der Waals surface area (Å²) >= 11 is 0. The highest BCUT2D eigenvalue weighted by molar-refractivity contribution is 5.93. The van der Waals surface area contributed by atoms with E-state index in [4.69, 9.17) is 23.7 Å². The van der Waals surface area contributed by atoms with E-state index >= 15 is 0 Å². The Kier molecular flexibility index (Phi) is 12.4. The number of hydrogen-bond acceptors (Lipinski definition) is 12. The van der Waals surface area contributed by atoms with E-state index in [0.29, 0.717) is 0 Å². The Morgan fingerprint density at radius 2 is 1.39 bits per heavy atom. The van der Waals surface area contributed by atoms with Gasteiger partial charge in [0.15, 0.2) is 11.9 Å². The van der Waals surface area contributed by atoms with Gasteiger partial charge in [0.1, 0.15) is 23.9 Å². The highest BCUT2D eigenvalue weighted by Gasteiger charge is 2.64. The van der Waals surface area contributed by atoms with Gasteiger partial charge in [0.25, 0.3) is 0 Å². The quantitative estimate of drug-likeness (QED) is 0.246. The number of fused-ring (bicyclic) bond motifs is 1. The molecule has 0 radical (unpaired) electrons. The molecule has 0 amide bonds. The first kappa shape index (κ1) is 39.1. The summed E-state index contributed by atoms with van der Waals surface area (Å²) in [5.74, 6) is -8.10. The molecular weight excluding hydrogens is 636 g/mol. The van der Waals surface area contributed by atoms with Gasteiger partial charge in [-0.1, -0.05) is 64.6 Å². The van der Waals surface area contributed by atoms with Gasteiger partial charge in [-0.05, 0) is 38.3 Å². The molecule has 1 fully saturated rings. The van der Waals surface area contributed by atoms with Gasteiger partial charge in [-0.15, -0.1) is 0 Å². The van der Waals surface area contributed by atoms with E-state index in [2.05, 4.69) is 6.58 Å². The third kappa shape index (κ3) is 8.83. The minimum atomic E-state index is -2.06. The summed E-state index contributed by atoms with van der Waals surface area (Å²) in [5.41, 5.74) is -3.45. The van der Waals surface area contributed by atoms with Crippen molar-refractivity contribution in [2.45, 2.75) is 105 Å². The van der Waals surface area contributed by atoms with Crippen LogP contribution in [-0.2, 0) is 47.7 Å². The molecule has 0 saturated heterocycles. The SMILES string of the molecule is C=C1C(OC(C)=O)C(OC(=O)C(C)C)C(=O)C(C)(C)C=CC(C)C(OC(C)=O)C2(O)CC(C)C(OC(=O)c3ccccc3)C2C1OC(C)=O. The molecule has 2 aliphatic carbocycles. The summed E-state index contributed by atoms with van der Waals surface area (Å²) in [6.07, 6.45) is -4.60. The van der Waals surface area contributed by atoms with Crippen molar-refractivity contribution in [3.63, 3.8) is 0 Å². The van der Waals surface area contributed by atoms with E-state index in [1.165, 1.54) is 13.0 Å². The van der Waals surface area contributed by atoms with Crippen LogP contribution in [-0.4, -0.2) is 76.9 Å². The number of benzene rings is 1. The van der Waals surface area contributed by atoms with E-state index in [0.717, 1.165) is 13.8 Å². The van der Waals surface area contributed by atoms with E-state index in [1.54, 1.807) is 78.0 Å². The molecule has 1 N–H and O–H groups in total. The third-order valence-electron chi connectivity index (χ3n) is 9.00. The molecule has 3 rings (SSSR count). The lowest BCUT2D eigenvalue weighted by atomic mass is 9.72. The summed E-state index contributed by atoms with van der Waals surface area (Å²) in [6, 6.07) is 8.11. The monoisotopic (exact) mass is 684 g/mol. The van der Waals surface area contributed by atoms with Crippen LogP contribution in [0.5, 0.6) is 0 Å². The molecule has 9 atom stereocenters. The standard InChI is InChI=1S/C37H48O12/c1-19(2)34(42)49-31-30(46-24(7)39)22(5)29(45-23(6)38)27-28(48-35(43)26-14-12-11-13-15-26)21(4)18-37(27,44)33(47-25(8)40)20(3)16-17-36(9,10)32(31)41/h11-17,19-21,27-31,33,44H,5,18H2,1-4,6-10H3. The van der Waals surface area contributed by atoms with Crippen LogP contribution in [0.3, 0.4) is 0 Å². The van der Waals surface area contributed by atoms with Crippen LogP contribution in [0.25, 0.3) is 0 Å². The fourth-order valence-corrected chi connectivity index (χ4v) is 6.63. The molecular formula is C37H48O12. The number of esters is 5. The first-order chi connectivity index (χ1) is 22.7. The molecule has 268 valence electrons. The average molecular weight is 685 g/mol. The van der Waals surface area contributed by atoms with Gasteiger partial charge in [-0.3, -0.25) is 24.0 Å². The fraction of sp³-hybridized carbons (Fsp3) is 0.568. The lowest BCUT2D eigenvalue weighted by Gasteiger charge is -2.45. The maximum absolute atomic E-state index is 14.3. The highest BCUT2D eigenvalue weighted by Crippen LogP contribution is 2.51. The zero-order valence-corrected chi connectivity index (χ0v) is 29.6. The van der Waals surface area contributed by atoms with E-state index < -0.39 is 101 Å². The Labute approximate surface area is 287 Å². The number of Topliss-reactive ketones (excluding diaryl/α,β-unsaturated/α-hetero) is 1. The van der Waals surface area contributed by atoms with Gasteiger partial charge in [-0.25, -0.2) is 4.79 Å². The van der Waals surface area contributed by atoms with Gasteiger partial charge in [0.05, 0.1) is 17.4 Å². The predicted molar refractivity (Wildman–Crippen MR) is 175 cm³/mol. The van der Waals surface area contributed by atoms with E-state index in [-0.39, 0.29) is 17.6 Å². The number of rotatable bonds is 7. The first-order valence-electron chi connectivity index (χ1n) is 16.3. The number of ketones is 1. The van der Waals surface area contributed by atoms with Gasteiger partial charge in [0.2, 0.25) is 6.10 Å². The van der Waals surface area contributed by atoms with Crippen molar-refractivity contribution in [2.75, 3.05) is 0 Å². The Morgan fingerprint density at radius 1 is 0.837 bits per heavy atom. The minimum absolute atomic E-state index is 0.0993. The molecule has 1 saturated carbocycles. The van der Waals surface area contributed by atoms with Gasteiger partial charge in [-0.2, -0.15) is 0 Å². The average Bonchev–Trinajstić information content (AvgIpc) is 3.26. The maximum atomic E-state index is 14.3. The summed E-state index contributed by atoms with van der Waals surface area (Å²) in [5, 5.41) is 12.8. The lowest BCUT2D eigenvalue weighted by molar-refractivity contribution is -0.193. The number of aliphatic hydroxyl groups is 1. The summed E-state index contributed by atoms with van der Waals surface area (Å²) in [4.78, 5) is 78.8. The molecule has 49 heavy (non-hydrogen) atoms. The molecule has 12 nitrogen and oxygen atoms in total. The molecule has 0 aliphatic heterocycles. The molecule has 0 aromatic heterocycles. The zero-order valence-electron chi connectivity index (χ0n) is 29.6. The van der Waals surface area contributed by atoms with Crippen LogP contribution in [0, 0.1) is 29.1 Å². The lowest BCUT2D eigenvalue weighted by Crippen LogP contribution is -2.59. The molecule has 0 bridgehead atoms. The minimum Gasteiger partial charge on any atom is -0.459 e. The number of hydrogen-bond donors (Lipinski definition) is 1. The van der Waals surface area contributed by atoms with Gasteiger partial charge in [0, 0.05) is 37.7 Å². The number of carbonyl (C=O) groups is 6. The molecule has 12 heteroatoms. The maximum Gasteiger partial charge on any atom is 0.338 e. The normalized spacial score (nSPS) is 31.4. The Bertz CT molecular complexity index is 1480. The number of ether oxygens (including phenoxy) is 5. The smallest absolute Gasteiger partial charge is 0.338 e. The van der Waals surface area contributed by atoms with Crippen LogP contribution in [0.2, 0.25) is 0 Å². The molecule has 2 aliphatic rings. The van der Waals surface area contributed by atoms with Crippen LogP contribution in [0.15, 0.2) is 54.6 Å². The highest BCUT2D eigenvalue weighted by atomic mass is 16.6. The van der Waals surface area contributed by atoms with Crippen LogP contribution >= 0.6 is 0 Å². The molecule has 1 aromatic rings. The second kappa shape index (κ2) is 15.5. The summed E-state index contributed by atoms with van der Waals surface area (Å²) in [6.45, 7) is 17.1. The number of carbonyl (C=O) groups excluding carboxylic acids is 6. The zero-order chi connectivity index (χ0) is 37.0. The molecule has 0 spiro atoms.